The third-order valence-electron chi connectivity index (χ3n) is 9.89. The minimum Gasteiger partial charge on any atom is -0.393 e. The van der Waals surface area contributed by atoms with E-state index in [-0.39, 0.29) is 29.7 Å². The van der Waals surface area contributed by atoms with E-state index in [4.69, 9.17) is 5.73 Å². The van der Waals surface area contributed by atoms with Gasteiger partial charge in [0.05, 0.1) is 12.0 Å². The molecule has 0 bridgehead atoms. The first-order valence-corrected chi connectivity index (χ1v) is 16.8. The summed E-state index contributed by atoms with van der Waals surface area (Å²) < 4.78 is 0. The molecule has 8 nitrogen and oxygen atoms in total. The van der Waals surface area contributed by atoms with Gasteiger partial charge in [0.15, 0.2) is 0 Å². The molecule has 4 N–H and O–H groups in total. The number of nitrogens with zero attached hydrogens (tertiary/aromatic N) is 2. The van der Waals surface area contributed by atoms with Crippen molar-refractivity contribution in [3.05, 3.63) is 108 Å². The van der Waals surface area contributed by atoms with Crippen LogP contribution in [0, 0.1) is 5.92 Å². The molecule has 248 valence electrons. The number of amides is 3. The molecule has 0 radical (unpaired) electrons. The molecule has 3 aromatic carbocycles. The van der Waals surface area contributed by atoms with Crippen LogP contribution in [0.25, 0.3) is 11.1 Å². The summed E-state index contributed by atoms with van der Waals surface area (Å²) in [4.78, 5) is 45.7. The van der Waals surface area contributed by atoms with Crippen LogP contribution in [0.5, 0.6) is 0 Å². The van der Waals surface area contributed by atoms with Gasteiger partial charge in [-0.25, -0.2) is 0 Å². The molecule has 3 amide bonds. The van der Waals surface area contributed by atoms with Crippen molar-refractivity contribution in [2.24, 2.45) is 11.7 Å². The maximum atomic E-state index is 14.7. The van der Waals surface area contributed by atoms with Gasteiger partial charge in [0, 0.05) is 44.7 Å². The lowest BCUT2D eigenvalue weighted by Gasteiger charge is -2.38. The highest BCUT2D eigenvalue weighted by atomic mass is 16.3. The Balaban J connectivity index is 1.49. The Hall–Kier alpha value is -4.27. The third kappa shape index (κ3) is 8.56. The van der Waals surface area contributed by atoms with Crippen LogP contribution in [-0.4, -0.2) is 77.5 Å². The van der Waals surface area contributed by atoms with E-state index in [1.807, 2.05) is 78.9 Å². The second kappa shape index (κ2) is 15.5. The Morgan fingerprint density at radius 2 is 1.49 bits per heavy atom. The number of likely N-dealkylation sites (tertiary alicyclic amines) is 1. The molecule has 2 aliphatic rings. The number of hydrogen-bond donors (Lipinski definition) is 3. The number of benzene rings is 3. The molecule has 1 saturated carbocycles. The summed E-state index contributed by atoms with van der Waals surface area (Å²) in [5.74, 6) is -1.60. The second-order valence-electron chi connectivity index (χ2n) is 13.2. The summed E-state index contributed by atoms with van der Waals surface area (Å²) in [7, 11) is 3.25. The van der Waals surface area contributed by atoms with E-state index < -0.39 is 18.1 Å². The van der Waals surface area contributed by atoms with Gasteiger partial charge in [-0.05, 0) is 67.2 Å². The number of carbonyl (C=O) groups is 3. The first-order valence-electron chi connectivity index (χ1n) is 16.8. The summed E-state index contributed by atoms with van der Waals surface area (Å²) in [6.45, 7) is 0.874. The minimum absolute atomic E-state index is 0.150. The zero-order valence-corrected chi connectivity index (χ0v) is 27.6. The molecule has 8 heteroatoms. The van der Waals surface area contributed by atoms with E-state index in [1.54, 1.807) is 23.9 Å². The number of aliphatic hydroxyl groups is 1. The number of piperidine rings is 1. The highest BCUT2D eigenvalue weighted by Crippen LogP contribution is 2.34. The quantitative estimate of drug-likeness (QED) is 0.253. The number of likely N-dealkylation sites (N-methyl/N-ethyl adjacent to an activating group) is 2. The molecule has 2 fully saturated rings. The molecule has 1 saturated heterocycles. The first kappa shape index (κ1) is 34.1. The van der Waals surface area contributed by atoms with Gasteiger partial charge >= 0.3 is 0 Å². The van der Waals surface area contributed by atoms with E-state index in [9.17, 15) is 19.5 Å². The molecule has 5 rings (SSSR count). The van der Waals surface area contributed by atoms with Gasteiger partial charge in [0.1, 0.15) is 6.04 Å². The molecular weight excluding hydrogens is 588 g/mol. The van der Waals surface area contributed by atoms with Gasteiger partial charge in [-0.15, -0.1) is 0 Å². The monoisotopic (exact) mass is 636 g/mol. The van der Waals surface area contributed by atoms with Crippen molar-refractivity contribution >= 4 is 17.7 Å². The number of nitrogens with one attached hydrogen (secondary N) is 1. The molecule has 2 atom stereocenters. The van der Waals surface area contributed by atoms with Crippen LogP contribution in [0.2, 0.25) is 0 Å². The van der Waals surface area contributed by atoms with Gasteiger partial charge in [0.25, 0.3) is 0 Å². The zero-order chi connectivity index (χ0) is 33.4. The molecule has 47 heavy (non-hydrogen) atoms. The lowest BCUT2D eigenvalue weighted by molar-refractivity contribution is -0.147. The fourth-order valence-corrected chi connectivity index (χ4v) is 6.64. The van der Waals surface area contributed by atoms with E-state index in [2.05, 4.69) is 17.4 Å². The van der Waals surface area contributed by atoms with Crippen LogP contribution in [-0.2, 0) is 27.2 Å². The zero-order valence-electron chi connectivity index (χ0n) is 27.6. The lowest BCUT2D eigenvalue weighted by Crippen LogP contribution is -2.54. The summed E-state index contributed by atoms with van der Waals surface area (Å²) in [5.41, 5.74) is 10.6. The Kier molecular flexibility index (Phi) is 11.3. The van der Waals surface area contributed by atoms with E-state index in [1.165, 1.54) is 0 Å². The number of carbonyl (C=O) groups excluding carboxylic acids is 3. The third-order valence-corrected chi connectivity index (χ3v) is 9.89. The smallest absolute Gasteiger partial charge is 0.247 e. The van der Waals surface area contributed by atoms with Gasteiger partial charge in [-0.3, -0.25) is 14.4 Å². The second-order valence-corrected chi connectivity index (χ2v) is 13.2. The van der Waals surface area contributed by atoms with Crippen molar-refractivity contribution in [1.29, 1.82) is 0 Å². The topological polar surface area (TPSA) is 116 Å². The molecule has 1 aliphatic heterocycles. The maximum absolute atomic E-state index is 14.7. The molecule has 3 aromatic rings. The first-order chi connectivity index (χ1) is 22.7. The summed E-state index contributed by atoms with van der Waals surface area (Å²) >= 11 is 0. The van der Waals surface area contributed by atoms with E-state index >= 15 is 0 Å². The summed E-state index contributed by atoms with van der Waals surface area (Å²) in [5, 5.41) is 12.8. The molecular formula is C39H48N4O4. The molecule has 0 spiro atoms. The fourth-order valence-electron chi connectivity index (χ4n) is 6.64. The average molecular weight is 637 g/mol. The number of hydrogen-bond acceptors (Lipinski definition) is 5. The van der Waals surface area contributed by atoms with Crippen LogP contribution in [0.4, 0.5) is 0 Å². The standard InChI is InChI=1S/C39H48N4O4/c1-41-36(45)33(18-23-39(40)21-9-22-39)34(26-29-14-16-31(17-15-29)30-12-7-4-8-13-30)37(46)42(2)35(27-28-10-5-3-6-11-28)38(47)43-24-19-32(44)20-25-43/h3-8,10-18,32,34-35,44H,9,19-27,40H2,1-2H3,(H,41,45)/t34-,35-/m1/s1. The maximum Gasteiger partial charge on any atom is 0.247 e. The van der Waals surface area contributed by atoms with Crippen molar-refractivity contribution < 1.29 is 19.5 Å². The van der Waals surface area contributed by atoms with Crippen LogP contribution in [0.1, 0.15) is 49.7 Å². The van der Waals surface area contributed by atoms with Crippen molar-refractivity contribution in [2.45, 2.75) is 69.1 Å². The number of aliphatic hydroxyl groups excluding tert-OH is 1. The van der Waals surface area contributed by atoms with Gasteiger partial charge in [-0.1, -0.05) is 91.0 Å². The summed E-state index contributed by atoms with van der Waals surface area (Å²) in [6.07, 6.45) is 6.37. The van der Waals surface area contributed by atoms with E-state index in [0.29, 0.717) is 44.3 Å². The van der Waals surface area contributed by atoms with E-state index in [0.717, 1.165) is 41.5 Å². The predicted molar refractivity (Wildman–Crippen MR) is 185 cm³/mol. The predicted octanol–water partition coefficient (Wildman–Crippen LogP) is 4.51. The highest BCUT2D eigenvalue weighted by Gasteiger charge is 2.38. The molecule has 1 heterocycles. The van der Waals surface area contributed by atoms with Crippen LogP contribution < -0.4 is 11.1 Å². The lowest BCUT2D eigenvalue weighted by atomic mass is 9.74. The normalized spacial score (nSPS) is 17.7. The van der Waals surface area contributed by atoms with Crippen LogP contribution in [0.3, 0.4) is 0 Å². The Morgan fingerprint density at radius 3 is 2.06 bits per heavy atom. The molecule has 0 unspecified atom stereocenters. The van der Waals surface area contributed by atoms with Crippen molar-refractivity contribution in [1.82, 2.24) is 15.1 Å². The Bertz CT molecular complexity index is 1530. The van der Waals surface area contributed by atoms with Gasteiger partial charge in [-0.2, -0.15) is 0 Å². The minimum atomic E-state index is -0.833. The molecule has 0 aromatic heterocycles. The number of rotatable bonds is 12. The van der Waals surface area contributed by atoms with Crippen molar-refractivity contribution in [3.8, 4) is 11.1 Å². The average Bonchev–Trinajstić information content (AvgIpc) is 3.09. The fraction of sp³-hybridized carbons (Fsp3) is 0.410. The van der Waals surface area contributed by atoms with Crippen molar-refractivity contribution in [3.63, 3.8) is 0 Å². The molecule has 1 aliphatic carbocycles. The van der Waals surface area contributed by atoms with Gasteiger partial charge < -0.3 is 26.0 Å². The Morgan fingerprint density at radius 1 is 0.915 bits per heavy atom. The SMILES string of the molecule is CNC(=O)C(=CCC1(N)CCC1)[C@@H](Cc1ccc(-c2ccccc2)cc1)C(=O)N(C)[C@H](Cc1ccccc1)C(=O)N1CCC(O)CC1. The Labute approximate surface area is 278 Å². The number of nitrogens with two attached hydrogens (primary N) is 1. The van der Waals surface area contributed by atoms with Crippen LogP contribution in [0.15, 0.2) is 96.6 Å². The van der Waals surface area contributed by atoms with Gasteiger partial charge in [0.2, 0.25) is 17.7 Å². The summed E-state index contributed by atoms with van der Waals surface area (Å²) in [6, 6.07) is 27.1. The van der Waals surface area contributed by atoms with Crippen LogP contribution >= 0.6 is 0 Å². The largest absolute Gasteiger partial charge is 0.393 e. The highest BCUT2D eigenvalue weighted by molar-refractivity contribution is 6.01. The van der Waals surface area contributed by atoms with Crippen molar-refractivity contribution in [2.75, 3.05) is 27.2 Å².